The van der Waals surface area contributed by atoms with Crippen molar-refractivity contribution in [1.29, 1.82) is 0 Å². The van der Waals surface area contributed by atoms with Gasteiger partial charge < -0.3 is 5.32 Å². The van der Waals surface area contributed by atoms with Gasteiger partial charge in [-0.2, -0.15) is 0 Å². The first-order chi connectivity index (χ1) is 14.5. The third-order valence-corrected chi connectivity index (χ3v) is 6.10. The van der Waals surface area contributed by atoms with Crippen molar-refractivity contribution in [3.8, 4) is 11.4 Å². The molecule has 0 bridgehead atoms. The number of hydrogen-bond donors (Lipinski definition) is 1. The fraction of sp³-hybridized carbons (Fsp3) is 0.348. The van der Waals surface area contributed by atoms with Crippen molar-refractivity contribution in [3.05, 3.63) is 65.2 Å². The molecule has 0 saturated heterocycles. The van der Waals surface area contributed by atoms with E-state index < -0.39 is 0 Å². The molecular weight excluding hydrogens is 416 g/mol. The van der Waals surface area contributed by atoms with Gasteiger partial charge in [-0.3, -0.25) is 9.36 Å². The number of carbonyl (C=O) groups excluding carboxylic acids is 1. The van der Waals surface area contributed by atoms with Crippen molar-refractivity contribution in [3.63, 3.8) is 0 Å². The Balaban J connectivity index is 1.85. The molecule has 1 aromatic heterocycles. The Bertz CT molecular complexity index is 974. The Labute approximate surface area is 187 Å². The number of carbonyl (C=O) groups is 1. The summed E-state index contributed by atoms with van der Waals surface area (Å²) < 4.78 is 2.03. The predicted molar refractivity (Wildman–Crippen MR) is 124 cm³/mol. The maximum absolute atomic E-state index is 12.5. The summed E-state index contributed by atoms with van der Waals surface area (Å²) in [4.78, 5) is 12.5. The average molecular weight is 443 g/mol. The number of rotatable bonds is 9. The lowest BCUT2D eigenvalue weighted by Gasteiger charge is -2.15. The first kappa shape index (κ1) is 22.4. The van der Waals surface area contributed by atoms with E-state index in [0.29, 0.717) is 35.0 Å². The van der Waals surface area contributed by atoms with Crippen LogP contribution in [0.5, 0.6) is 0 Å². The summed E-state index contributed by atoms with van der Waals surface area (Å²) >= 11 is 7.84. The molecule has 7 heteroatoms. The number of nitrogens with one attached hydrogen (secondary N) is 1. The van der Waals surface area contributed by atoms with Crippen molar-refractivity contribution in [2.75, 3.05) is 6.54 Å². The highest BCUT2D eigenvalue weighted by atomic mass is 35.5. The molecule has 2 aromatic carbocycles. The second-order valence-corrected chi connectivity index (χ2v) is 9.31. The van der Waals surface area contributed by atoms with Crippen molar-refractivity contribution in [2.45, 2.75) is 44.1 Å². The second kappa shape index (κ2) is 10.6. The maximum atomic E-state index is 12.5. The fourth-order valence-electron chi connectivity index (χ4n) is 2.97. The first-order valence-corrected chi connectivity index (χ1v) is 11.4. The van der Waals surface area contributed by atoms with Crippen LogP contribution in [0.15, 0.2) is 59.8 Å². The van der Waals surface area contributed by atoms with Crippen LogP contribution >= 0.6 is 23.4 Å². The van der Waals surface area contributed by atoms with Crippen LogP contribution in [0.1, 0.15) is 32.8 Å². The summed E-state index contributed by atoms with van der Waals surface area (Å²) in [7, 11) is 0. The fourth-order valence-corrected chi connectivity index (χ4v) is 4.06. The van der Waals surface area contributed by atoms with Gasteiger partial charge in [-0.1, -0.05) is 79.7 Å². The number of aromatic nitrogens is 3. The Morgan fingerprint density at radius 1 is 1.07 bits per heavy atom. The van der Waals surface area contributed by atoms with Gasteiger partial charge in [-0.05, 0) is 37.0 Å². The predicted octanol–water partition coefficient (Wildman–Crippen LogP) is 5.29. The average Bonchev–Trinajstić information content (AvgIpc) is 3.10. The van der Waals surface area contributed by atoms with Gasteiger partial charge in [0.1, 0.15) is 0 Å². The van der Waals surface area contributed by atoms with Crippen LogP contribution in [0.4, 0.5) is 0 Å². The SMILES string of the molecule is CC(C)CCNC(=O)C(C)Sc1nnc(-c2ccccc2Cl)n1Cc1ccccc1. The molecule has 1 unspecified atom stereocenters. The molecular formula is C23H27ClN4OS. The van der Waals surface area contributed by atoms with Crippen LogP contribution in [0, 0.1) is 5.92 Å². The third kappa shape index (κ3) is 5.86. The molecule has 0 fully saturated rings. The van der Waals surface area contributed by atoms with Gasteiger partial charge in [0.2, 0.25) is 5.91 Å². The van der Waals surface area contributed by atoms with E-state index in [4.69, 9.17) is 11.6 Å². The third-order valence-electron chi connectivity index (χ3n) is 4.69. The lowest BCUT2D eigenvalue weighted by atomic mass is 10.1. The van der Waals surface area contributed by atoms with Crippen molar-refractivity contribution in [1.82, 2.24) is 20.1 Å². The Morgan fingerprint density at radius 3 is 2.47 bits per heavy atom. The van der Waals surface area contributed by atoms with E-state index in [1.807, 2.05) is 54.0 Å². The van der Waals surface area contributed by atoms with Gasteiger partial charge in [0.25, 0.3) is 0 Å². The summed E-state index contributed by atoms with van der Waals surface area (Å²) in [5.41, 5.74) is 1.95. The maximum Gasteiger partial charge on any atom is 0.233 e. The van der Waals surface area contributed by atoms with Crippen LogP contribution in [-0.4, -0.2) is 32.5 Å². The van der Waals surface area contributed by atoms with E-state index in [2.05, 4.69) is 41.5 Å². The van der Waals surface area contributed by atoms with Crippen molar-refractivity contribution in [2.24, 2.45) is 5.92 Å². The number of amides is 1. The molecule has 0 saturated carbocycles. The monoisotopic (exact) mass is 442 g/mol. The Morgan fingerprint density at radius 2 is 1.77 bits per heavy atom. The minimum atomic E-state index is -0.282. The molecule has 1 amide bonds. The van der Waals surface area contributed by atoms with Crippen LogP contribution in [0.3, 0.4) is 0 Å². The topological polar surface area (TPSA) is 59.8 Å². The summed E-state index contributed by atoms with van der Waals surface area (Å²) in [6.07, 6.45) is 0.962. The van der Waals surface area contributed by atoms with E-state index in [1.165, 1.54) is 11.8 Å². The zero-order valence-corrected chi connectivity index (χ0v) is 19.1. The highest BCUT2D eigenvalue weighted by molar-refractivity contribution is 8.00. The number of thioether (sulfide) groups is 1. The largest absolute Gasteiger partial charge is 0.355 e. The highest BCUT2D eigenvalue weighted by Gasteiger charge is 2.21. The summed E-state index contributed by atoms with van der Waals surface area (Å²) in [5, 5.41) is 12.9. The minimum Gasteiger partial charge on any atom is -0.355 e. The number of nitrogens with zero attached hydrogens (tertiary/aromatic N) is 3. The Hall–Kier alpha value is -2.31. The lowest BCUT2D eigenvalue weighted by molar-refractivity contribution is -0.120. The van der Waals surface area contributed by atoms with Gasteiger partial charge in [0.05, 0.1) is 16.8 Å². The smallest absolute Gasteiger partial charge is 0.233 e. The molecule has 0 aliphatic carbocycles. The van der Waals surface area contributed by atoms with E-state index >= 15 is 0 Å². The molecule has 158 valence electrons. The number of benzene rings is 2. The molecule has 5 nitrogen and oxygen atoms in total. The van der Waals surface area contributed by atoms with E-state index in [-0.39, 0.29) is 11.2 Å². The van der Waals surface area contributed by atoms with Gasteiger partial charge in [-0.25, -0.2) is 0 Å². The van der Waals surface area contributed by atoms with Crippen molar-refractivity contribution < 1.29 is 4.79 Å². The lowest BCUT2D eigenvalue weighted by Crippen LogP contribution is -2.32. The van der Waals surface area contributed by atoms with Crippen LogP contribution in [-0.2, 0) is 11.3 Å². The number of halogens is 1. The standard InChI is InChI=1S/C23H27ClN4OS/c1-16(2)13-14-25-22(29)17(3)30-23-27-26-21(19-11-7-8-12-20(19)24)28(23)15-18-9-5-4-6-10-18/h4-12,16-17H,13-15H2,1-3H3,(H,25,29). The van der Waals surface area contributed by atoms with Crippen LogP contribution in [0.2, 0.25) is 5.02 Å². The molecule has 0 aliphatic rings. The first-order valence-electron chi connectivity index (χ1n) is 10.1. The molecule has 1 heterocycles. The summed E-state index contributed by atoms with van der Waals surface area (Å²) in [6, 6.07) is 17.7. The van der Waals surface area contributed by atoms with Crippen LogP contribution in [0.25, 0.3) is 11.4 Å². The van der Waals surface area contributed by atoms with Gasteiger partial charge >= 0.3 is 0 Å². The quantitative estimate of drug-likeness (QED) is 0.457. The summed E-state index contributed by atoms with van der Waals surface area (Å²) in [5.74, 6) is 1.26. The molecule has 30 heavy (non-hydrogen) atoms. The Kier molecular flexibility index (Phi) is 7.94. The van der Waals surface area contributed by atoms with E-state index in [9.17, 15) is 4.79 Å². The van der Waals surface area contributed by atoms with E-state index in [1.54, 1.807) is 0 Å². The minimum absolute atomic E-state index is 0.00852. The molecule has 3 aromatic rings. The number of hydrogen-bond acceptors (Lipinski definition) is 4. The molecule has 0 radical (unpaired) electrons. The molecule has 0 spiro atoms. The van der Waals surface area contributed by atoms with Gasteiger partial charge in [-0.15, -0.1) is 10.2 Å². The van der Waals surface area contributed by atoms with Gasteiger partial charge in [0, 0.05) is 12.1 Å². The summed E-state index contributed by atoms with van der Waals surface area (Å²) in [6.45, 7) is 7.47. The van der Waals surface area contributed by atoms with Gasteiger partial charge in [0.15, 0.2) is 11.0 Å². The molecule has 0 aliphatic heterocycles. The highest BCUT2D eigenvalue weighted by Crippen LogP contribution is 2.31. The van der Waals surface area contributed by atoms with Crippen molar-refractivity contribution >= 4 is 29.3 Å². The normalized spacial score (nSPS) is 12.2. The zero-order valence-electron chi connectivity index (χ0n) is 17.5. The second-order valence-electron chi connectivity index (χ2n) is 7.59. The molecule has 3 rings (SSSR count). The van der Waals surface area contributed by atoms with Crippen LogP contribution < -0.4 is 5.32 Å². The zero-order chi connectivity index (χ0) is 21.5. The molecule has 1 atom stereocenters. The van der Waals surface area contributed by atoms with E-state index in [0.717, 1.165) is 17.5 Å². The molecule has 1 N–H and O–H groups in total.